The molecule has 1 aromatic carbocycles. The molecule has 0 N–H and O–H groups in total. The summed E-state index contributed by atoms with van der Waals surface area (Å²) < 4.78 is 4.85. The first kappa shape index (κ1) is 9.27. The van der Waals surface area contributed by atoms with E-state index < -0.39 is 0 Å². The molecule has 0 amide bonds. The average molecular weight is 163 g/mol. The molecule has 0 spiro atoms. The Morgan fingerprint density at radius 2 is 2.00 bits per heavy atom. The summed E-state index contributed by atoms with van der Waals surface area (Å²) in [5, 5.41) is 0. The first-order chi connectivity index (χ1) is 5.93. The van der Waals surface area contributed by atoms with Gasteiger partial charge in [0.25, 0.3) is 0 Å². The zero-order valence-corrected chi connectivity index (χ0v) is 7.49. The lowest BCUT2D eigenvalue weighted by Gasteiger charge is -1.99. The van der Waals surface area contributed by atoms with Crippen molar-refractivity contribution < 1.29 is 4.74 Å². The third-order valence-corrected chi connectivity index (χ3v) is 1.80. The van der Waals surface area contributed by atoms with Crippen LogP contribution in [0.25, 0.3) is 0 Å². The first-order valence-corrected chi connectivity index (χ1v) is 4.32. The highest BCUT2D eigenvalue weighted by Gasteiger charge is 1.91. The van der Waals surface area contributed by atoms with Crippen molar-refractivity contribution in [1.29, 1.82) is 0 Å². The van der Waals surface area contributed by atoms with Crippen molar-refractivity contribution in [3.63, 3.8) is 0 Å². The Morgan fingerprint density at radius 1 is 1.25 bits per heavy atom. The highest BCUT2D eigenvalue weighted by atomic mass is 16.5. The van der Waals surface area contributed by atoms with Gasteiger partial charge in [-0.2, -0.15) is 0 Å². The van der Waals surface area contributed by atoms with Crippen molar-refractivity contribution in [2.24, 2.45) is 0 Å². The van der Waals surface area contributed by atoms with E-state index in [9.17, 15) is 0 Å². The first-order valence-electron chi connectivity index (χ1n) is 4.32. The molecule has 1 nitrogen and oxygen atoms in total. The Balaban J connectivity index is 2.16. The van der Waals surface area contributed by atoms with Crippen molar-refractivity contribution in [2.45, 2.75) is 19.3 Å². The van der Waals surface area contributed by atoms with Gasteiger partial charge in [-0.1, -0.05) is 30.3 Å². The van der Waals surface area contributed by atoms with Crippen LogP contribution >= 0.6 is 0 Å². The molecule has 0 saturated heterocycles. The van der Waals surface area contributed by atoms with Crippen molar-refractivity contribution >= 4 is 0 Å². The Labute approximate surface area is 74.4 Å². The lowest BCUT2D eigenvalue weighted by atomic mass is 10.1. The minimum atomic E-state index is 1.03. The molecular formula is C11H15O. The fraction of sp³-hybridized carbons (Fsp3) is 0.364. The number of hydrogen-bond donors (Lipinski definition) is 0. The van der Waals surface area contributed by atoms with Crippen LogP contribution in [-0.2, 0) is 11.2 Å². The largest absolute Gasteiger partial charge is 0.379 e. The van der Waals surface area contributed by atoms with Gasteiger partial charge >= 0.3 is 0 Å². The summed E-state index contributed by atoms with van der Waals surface area (Å²) in [7, 11) is 1.70. The van der Waals surface area contributed by atoms with E-state index in [0.717, 1.165) is 19.3 Å². The van der Waals surface area contributed by atoms with Crippen LogP contribution in [0, 0.1) is 6.61 Å². The Kier molecular flexibility index (Phi) is 4.47. The van der Waals surface area contributed by atoms with Gasteiger partial charge in [-0.15, -0.1) is 0 Å². The molecule has 1 rings (SSSR count). The van der Waals surface area contributed by atoms with Gasteiger partial charge in [0.05, 0.1) is 6.61 Å². The Morgan fingerprint density at radius 3 is 2.67 bits per heavy atom. The SMILES string of the molecule is CO[CH]CCCc1ccccc1. The number of hydrogen-bond acceptors (Lipinski definition) is 1. The molecular weight excluding hydrogens is 148 g/mol. The fourth-order valence-corrected chi connectivity index (χ4v) is 1.15. The molecule has 1 radical (unpaired) electrons. The smallest absolute Gasteiger partial charge is 0.0832 e. The van der Waals surface area contributed by atoms with Crippen LogP contribution in [0.2, 0.25) is 0 Å². The molecule has 12 heavy (non-hydrogen) atoms. The van der Waals surface area contributed by atoms with Crippen LogP contribution in [0.4, 0.5) is 0 Å². The number of unbranched alkanes of at least 4 members (excludes halogenated alkanes) is 1. The summed E-state index contributed by atoms with van der Waals surface area (Å²) in [5.74, 6) is 0. The monoisotopic (exact) mass is 163 g/mol. The highest BCUT2D eigenvalue weighted by Crippen LogP contribution is 2.05. The van der Waals surface area contributed by atoms with E-state index in [1.165, 1.54) is 5.56 Å². The Hall–Kier alpha value is -0.820. The number of aryl methyl sites for hydroxylation is 1. The van der Waals surface area contributed by atoms with E-state index in [4.69, 9.17) is 4.74 Å². The van der Waals surface area contributed by atoms with Gasteiger partial charge in [0.2, 0.25) is 0 Å². The summed E-state index contributed by atoms with van der Waals surface area (Å²) in [6.07, 6.45) is 3.34. The second-order valence-corrected chi connectivity index (χ2v) is 2.78. The Bertz CT molecular complexity index is 193. The predicted octanol–water partition coefficient (Wildman–Crippen LogP) is 2.82. The van der Waals surface area contributed by atoms with Gasteiger partial charge in [0.15, 0.2) is 0 Å². The predicted molar refractivity (Wildman–Crippen MR) is 50.7 cm³/mol. The van der Waals surface area contributed by atoms with Gasteiger partial charge in [-0.3, -0.25) is 0 Å². The summed E-state index contributed by atoms with van der Waals surface area (Å²) in [6, 6.07) is 10.5. The second kappa shape index (κ2) is 5.78. The number of methoxy groups -OCH3 is 1. The van der Waals surface area contributed by atoms with Crippen molar-refractivity contribution in [2.75, 3.05) is 7.11 Å². The van der Waals surface area contributed by atoms with E-state index in [-0.39, 0.29) is 0 Å². The highest BCUT2D eigenvalue weighted by molar-refractivity contribution is 5.14. The number of benzene rings is 1. The molecule has 0 fully saturated rings. The lowest BCUT2D eigenvalue weighted by Crippen LogP contribution is -1.86. The van der Waals surface area contributed by atoms with Crippen molar-refractivity contribution in [3.05, 3.63) is 42.5 Å². The van der Waals surface area contributed by atoms with E-state index in [1.807, 2.05) is 12.7 Å². The van der Waals surface area contributed by atoms with Crippen LogP contribution in [0.1, 0.15) is 18.4 Å². The molecule has 0 aromatic heterocycles. The topological polar surface area (TPSA) is 9.23 Å². The van der Waals surface area contributed by atoms with E-state index in [2.05, 4.69) is 24.3 Å². The minimum Gasteiger partial charge on any atom is -0.379 e. The number of ether oxygens (including phenoxy) is 1. The standard InChI is InChI=1S/C11H15O/c1-12-10-6-5-9-11-7-3-2-4-8-11/h2-4,7-8,10H,5-6,9H2,1H3. The van der Waals surface area contributed by atoms with Crippen LogP contribution < -0.4 is 0 Å². The molecule has 0 aliphatic carbocycles. The van der Waals surface area contributed by atoms with E-state index >= 15 is 0 Å². The van der Waals surface area contributed by atoms with Crippen molar-refractivity contribution in [1.82, 2.24) is 0 Å². The zero-order valence-electron chi connectivity index (χ0n) is 7.49. The summed E-state index contributed by atoms with van der Waals surface area (Å²) in [5.41, 5.74) is 1.40. The van der Waals surface area contributed by atoms with Gasteiger partial charge < -0.3 is 4.74 Å². The molecule has 65 valence electrons. The maximum Gasteiger partial charge on any atom is 0.0832 e. The summed E-state index contributed by atoms with van der Waals surface area (Å²) >= 11 is 0. The molecule has 0 heterocycles. The normalized spacial score (nSPS) is 10.1. The third kappa shape index (κ3) is 3.54. The lowest BCUT2D eigenvalue weighted by molar-refractivity contribution is 0.263. The average Bonchev–Trinajstić information content (AvgIpc) is 2.14. The van der Waals surface area contributed by atoms with Gasteiger partial charge in [-0.25, -0.2) is 0 Å². The second-order valence-electron chi connectivity index (χ2n) is 2.78. The molecule has 0 saturated carbocycles. The van der Waals surface area contributed by atoms with Gasteiger partial charge in [0, 0.05) is 7.11 Å². The van der Waals surface area contributed by atoms with E-state index in [1.54, 1.807) is 7.11 Å². The molecule has 1 aromatic rings. The third-order valence-electron chi connectivity index (χ3n) is 1.80. The van der Waals surface area contributed by atoms with Crippen LogP contribution in [0.5, 0.6) is 0 Å². The zero-order chi connectivity index (χ0) is 8.65. The molecule has 0 unspecified atom stereocenters. The number of rotatable bonds is 5. The quantitative estimate of drug-likeness (QED) is 0.606. The molecule has 0 bridgehead atoms. The molecule has 0 aliphatic rings. The maximum absolute atomic E-state index is 4.85. The van der Waals surface area contributed by atoms with Crippen molar-refractivity contribution in [3.8, 4) is 0 Å². The summed E-state index contributed by atoms with van der Waals surface area (Å²) in [6.45, 7) is 1.85. The summed E-state index contributed by atoms with van der Waals surface area (Å²) in [4.78, 5) is 0. The maximum atomic E-state index is 4.85. The van der Waals surface area contributed by atoms with Crippen LogP contribution in [0.15, 0.2) is 30.3 Å². The van der Waals surface area contributed by atoms with Crippen LogP contribution in [0.3, 0.4) is 0 Å². The molecule has 0 atom stereocenters. The van der Waals surface area contributed by atoms with E-state index in [0.29, 0.717) is 0 Å². The van der Waals surface area contributed by atoms with Gasteiger partial charge in [0.1, 0.15) is 0 Å². The molecule has 1 heteroatoms. The molecule has 0 aliphatic heterocycles. The fourth-order valence-electron chi connectivity index (χ4n) is 1.15. The minimum absolute atomic E-state index is 1.03. The van der Waals surface area contributed by atoms with Gasteiger partial charge in [-0.05, 0) is 24.8 Å². The van der Waals surface area contributed by atoms with Crippen LogP contribution in [-0.4, -0.2) is 7.11 Å².